The van der Waals surface area contributed by atoms with Gasteiger partial charge < -0.3 is 19.1 Å². The summed E-state index contributed by atoms with van der Waals surface area (Å²) in [7, 11) is -2.26. The molecule has 2 aliphatic carbocycles. The van der Waals surface area contributed by atoms with E-state index in [4.69, 9.17) is 14.2 Å². The summed E-state index contributed by atoms with van der Waals surface area (Å²) in [6.07, 6.45) is 8.28. The number of aromatic nitrogens is 1. The van der Waals surface area contributed by atoms with E-state index in [9.17, 15) is 27.6 Å². The molecule has 2 aliphatic heterocycles. The Balaban J connectivity index is 1.34. The molecule has 2 saturated carbocycles. The Morgan fingerprint density at radius 1 is 1.08 bits per heavy atom. The predicted molar refractivity (Wildman–Crippen MR) is 198 cm³/mol. The summed E-state index contributed by atoms with van der Waals surface area (Å²) in [5, 5.41) is 0.987. The zero-order chi connectivity index (χ0) is 38.3. The molecule has 3 fully saturated rings. The molecule has 2 aromatic rings. The third-order valence-electron chi connectivity index (χ3n) is 11.2. The fraction of sp³-hybridized carbons (Fsp3) is 0.625. The number of pyridine rings is 1. The van der Waals surface area contributed by atoms with Gasteiger partial charge in [0.2, 0.25) is 27.7 Å². The molecule has 3 heterocycles. The Bertz CT molecular complexity index is 1880. The van der Waals surface area contributed by atoms with Gasteiger partial charge in [0.25, 0.3) is 0 Å². The van der Waals surface area contributed by atoms with Crippen LogP contribution in [0.5, 0.6) is 11.6 Å². The maximum atomic E-state index is 14.8. The molecule has 2 amide bonds. The van der Waals surface area contributed by atoms with Crippen LogP contribution in [0.1, 0.15) is 92.4 Å². The molecule has 12 nitrogen and oxygen atoms in total. The number of hydrogen-bond donors (Lipinski definition) is 1. The van der Waals surface area contributed by atoms with E-state index in [0.717, 1.165) is 23.6 Å². The van der Waals surface area contributed by atoms with Crippen molar-refractivity contribution < 1.29 is 41.8 Å². The molecular weight excluding hydrogens is 699 g/mol. The van der Waals surface area contributed by atoms with E-state index in [1.165, 1.54) is 4.90 Å². The van der Waals surface area contributed by atoms with Crippen LogP contribution in [-0.2, 0) is 33.9 Å². The number of Topliss-reactive ketones (excluding diaryl/α,β-unsaturated/α-hetero) is 1. The van der Waals surface area contributed by atoms with Crippen molar-refractivity contribution in [2.75, 3.05) is 13.7 Å². The number of carbonyl (C=O) groups is 4. The standard InChI is InChI=1S/C40H53N3O9S/c1-24-9-7-8-10-27-21-40(27,38(47)42-53(48,49)30-12-13-30)22-34(44)33-19-29(51-36-31-14-11-28(50-6)18-26(31)15-16-41-36)23-43(33)37(46)32(25(2)17-24)20-35(45)52-39(3,4)5/h8,10-11,14-16,18,24-25,27,29-30,32-33H,7,9,12-13,17,19-23H2,1-6H3,(H,42,47)/b10-8-/t24-,25+,27+,29+,32-,33-,40+/m0/s1. The molecule has 6 rings (SSSR count). The van der Waals surface area contributed by atoms with Gasteiger partial charge in [-0.05, 0) is 107 Å². The molecule has 0 spiro atoms. The minimum Gasteiger partial charge on any atom is -0.497 e. The monoisotopic (exact) mass is 751 g/mol. The Hall–Kier alpha value is -4.00. The highest BCUT2D eigenvalue weighted by Gasteiger charge is 2.61. The summed E-state index contributed by atoms with van der Waals surface area (Å²) >= 11 is 0. The maximum Gasteiger partial charge on any atom is 0.307 e. The fourth-order valence-electron chi connectivity index (χ4n) is 8.06. The molecule has 13 heteroatoms. The van der Waals surface area contributed by atoms with Crippen LogP contribution in [0.4, 0.5) is 0 Å². The number of amides is 2. The van der Waals surface area contributed by atoms with Crippen LogP contribution >= 0.6 is 0 Å². The second kappa shape index (κ2) is 15.0. The number of sulfonamides is 1. The fourth-order valence-corrected chi connectivity index (χ4v) is 9.44. The Morgan fingerprint density at radius 2 is 1.83 bits per heavy atom. The Morgan fingerprint density at radius 3 is 2.53 bits per heavy atom. The van der Waals surface area contributed by atoms with E-state index in [-0.39, 0.29) is 55.3 Å². The second-order valence-corrected chi connectivity index (χ2v) is 18.7. The van der Waals surface area contributed by atoms with Crippen molar-refractivity contribution in [2.24, 2.45) is 29.1 Å². The topological polar surface area (TPSA) is 158 Å². The Kier molecular flexibility index (Phi) is 11.0. The first-order valence-corrected chi connectivity index (χ1v) is 20.4. The number of ether oxygens (including phenoxy) is 3. The van der Waals surface area contributed by atoms with Gasteiger partial charge in [-0.25, -0.2) is 13.4 Å². The lowest BCUT2D eigenvalue weighted by Gasteiger charge is -2.32. The number of benzene rings is 1. The van der Waals surface area contributed by atoms with Crippen LogP contribution in [0.3, 0.4) is 0 Å². The zero-order valence-corrected chi connectivity index (χ0v) is 32.4. The lowest BCUT2D eigenvalue weighted by Crippen LogP contribution is -2.47. The number of allylic oxidation sites excluding steroid dienone is 2. The number of nitrogens with zero attached hydrogens (tertiary/aromatic N) is 2. The molecule has 4 aliphatic rings. The van der Waals surface area contributed by atoms with Crippen molar-refractivity contribution in [2.45, 2.75) is 115 Å². The zero-order valence-electron chi connectivity index (χ0n) is 31.6. The third kappa shape index (κ3) is 8.87. The van der Waals surface area contributed by atoms with Crippen LogP contribution in [0.2, 0.25) is 0 Å². The molecule has 1 aromatic heterocycles. The van der Waals surface area contributed by atoms with Crippen LogP contribution in [-0.4, -0.2) is 78.5 Å². The number of fused-ring (bicyclic) bond motifs is 3. The van der Waals surface area contributed by atoms with Gasteiger partial charge in [0, 0.05) is 24.4 Å². The molecule has 1 N–H and O–H groups in total. The lowest BCUT2D eigenvalue weighted by atomic mass is 9.82. The summed E-state index contributed by atoms with van der Waals surface area (Å²) < 4.78 is 45.6. The molecule has 0 unspecified atom stereocenters. The molecular formula is C40H53N3O9S. The highest BCUT2D eigenvalue weighted by molar-refractivity contribution is 7.90. The van der Waals surface area contributed by atoms with Crippen LogP contribution < -0.4 is 14.2 Å². The van der Waals surface area contributed by atoms with Crippen molar-refractivity contribution in [3.63, 3.8) is 0 Å². The minimum atomic E-state index is -3.85. The van der Waals surface area contributed by atoms with Gasteiger partial charge in [-0.3, -0.25) is 23.9 Å². The van der Waals surface area contributed by atoms with Crippen molar-refractivity contribution in [1.82, 2.24) is 14.6 Å². The normalized spacial score (nSPS) is 30.3. The van der Waals surface area contributed by atoms with Gasteiger partial charge in [-0.2, -0.15) is 0 Å². The number of nitrogens with one attached hydrogen (secondary N) is 1. The third-order valence-corrected chi connectivity index (χ3v) is 13.0. The highest BCUT2D eigenvalue weighted by Crippen LogP contribution is 2.57. The number of ketones is 1. The number of carbonyl (C=O) groups excluding carboxylic acids is 4. The average Bonchev–Trinajstić information content (AvgIpc) is 4.01. The first-order valence-electron chi connectivity index (χ1n) is 18.9. The van der Waals surface area contributed by atoms with Gasteiger partial charge in [-0.1, -0.05) is 26.0 Å². The molecule has 1 saturated heterocycles. The van der Waals surface area contributed by atoms with Crippen molar-refractivity contribution in [3.05, 3.63) is 42.6 Å². The van der Waals surface area contributed by atoms with E-state index in [2.05, 4.69) is 16.6 Å². The number of rotatable bonds is 8. The van der Waals surface area contributed by atoms with Crippen LogP contribution in [0.15, 0.2) is 42.6 Å². The van der Waals surface area contributed by atoms with E-state index in [1.54, 1.807) is 40.1 Å². The number of hydrogen-bond acceptors (Lipinski definition) is 10. The van der Waals surface area contributed by atoms with E-state index in [0.29, 0.717) is 37.3 Å². The summed E-state index contributed by atoms with van der Waals surface area (Å²) in [6.45, 7) is 9.50. The average molecular weight is 752 g/mol. The van der Waals surface area contributed by atoms with Crippen LogP contribution in [0, 0.1) is 29.1 Å². The SMILES string of the molecule is COc1ccc2c(O[C@@H]3C[C@H]4C(=O)C[C@]5(C(=O)NS(=O)(=O)C6CC6)C[C@H]5/C=C\CC[C@H](C)C[C@@H](C)[C@H](CC(=O)OC(C)(C)C)C(=O)N4C3)nccc2c1. The molecule has 1 aromatic carbocycles. The van der Waals surface area contributed by atoms with Crippen molar-refractivity contribution >= 4 is 44.4 Å². The Labute approximate surface area is 312 Å². The maximum absolute atomic E-state index is 14.8. The van der Waals surface area contributed by atoms with E-state index >= 15 is 0 Å². The lowest BCUT2D eigenvalue weighted by molar-refractivity contribution is -0.160. The number of esters is 1. The van der Waals surface area contributed by atoms with Gasteiger partial charge in [0.1, 0.15) is 17.5 Å². The highest BCUT2D eigenvalue weighted by atomic mass is 32.2. The van der Waals surface area contributed by atoms with Crippen molar-refractivity contribution in [3.8, 4) is 11.6 Å². The summed E-state index contributed by atoms with van der Waals surface area (Å²) in [5.74, 6) is -1.89. The van der Waals surface area contributed by atoms with E-state index in [1.807, 2.05) is 37.3 Å². The predicted octanol–water partition coefficient (Wildman–Crippen LogP) is 5.53. The van der Waals surface area contributed by atoms with Crippen molar-refractivity contribution in [1.29, 1.82) is 0 Å². The van der Waals surface area contributed by atoms with E-state index < -0.39 is 56.2 Å². The summed E-state index contributed by atoms with van der Waals surface area (Å²) in [5.41, 5.74) is -1.99. The van der Waals surface area contributed by atoms with Gasteiger partial charge >= 0.3 is 5.97 Å². The summed E-state index contributed by atoms with van der Waals surface area (Å²) in [6, 6.07) is 6.40. The molecule has 7 atom stereocenters. The van der Waals surface area contributed by atoms with Crippen LogP contribution in [0.25, 0.3) is 10.8 Å². The summed E-state index contributed by atoms with van der Waals surface area (Å²) in [4.78, 5) is 62.4. The smallest absolute Gasteiger partial charge is 0.307 e. The number of methoxy groups -OCH3 is 1. The quantitative estimate of drug-likeness (QED) is 0.269. The molecule has 0 radical (unpaired) electrons. The van der Waals surface area contributed by atoms with Gasteiger partial charge in [0.15, 0.2) is 5.78 Å². The molecule has 288 valence electrons. The van der Waals surface area contributed by atoms with Gasteiger partial charge in [0.05, 0.1) is 42.7 Å². The minimum absolute atomic E-state index is 0.0646. The molecule has 53 heavy (non-hydrogen) atoms. The first kappa shape index (κ1) is 38.7. The first-order chi connectivity index (χ1) is 25.0. The molecule has 0 bridgehead atoms. The largest absolute Gasteiger partial charge is 0.497 e. The van der Waals surface area contributed by atoms with Gasteiger partial charge in [-0.15, -0.1) is 0 Å². The second-order valence-electron chi connectivity index (χ2n) is 16.7.